The Morgan fingerprint density at radius 3 is 2.81 bits per heavy atom. The van der Waals surface area contributed by atoms with E-state index in [0.29, 0.717) is 16.0 Å². The van der Waals surface area contributed by atoms with Crippen LogP contribution in [0.3, 0.4) is 0 Å². The van der Waals surface area contributed by atoms with Gasteiger partial charge in [-0.15, -0.1) is 0 Å². The van der Waals surface area contributed by atoms with Crippen molar-refractivity contribution in [2.24, 2.45) is 0 Å². The number of halogens is 2. The van der Waals surface area contributed by atoms with Gasteiger partial charge in [-0.2, -0.15) is 0 Å². The van der Waals surface area contributed by atoms with Crippen LogP contribution in [-0.2, 0) is 0 Å². The molecule has 26 heavy (non-hydrogen) atoms. The molecule has 3 N–H and O–H groups in total. The lowest BCUT2D eigenvalue weighted by atomic mass is 10.1. The van der Waals surface area contributed by atoms with Gasteiger partial charge in [-0.1, -0.05) is 18.9 Å². The lowest BCUT2D eigenvalue weighted by molar-refractivity contribution is 0.307. The molecule has 0 atom stereocenters. The first kappa shape index (κ1) is 20.7. The van der Waals surface area contributed by atoms with Gasteiger partial charge in [0.25, 0.3) is 0 Å². The van der Waals surface area contributed by atoms with Crippen LogP contribution in [0, 0.1) is 5.82 Å². The van der Waals surface area contributed by atoms with Gasteiger partial charge in [0, 0.05) is 18.8 Å². The van der Waals surface area contributed by atoms with Gasteiger partial charge in [0.05, 0.1) is 10.2 Å². The van der Waals surface area contributed by atoms with Crippen molar-refractivity contribution in [2.75, 3.05) is 30.0 Å². The summed E-state index contributed by atoms with van der Waals surface area (Å²) in [6, 6.07) is 4.77. The van der Waals surface area contributed by atoms with E-state index in [0.717, 1.165) is 42.9 Å². The third-order valence-electron chi connectivity index (χ3n) is 3.76. The van der Waals surface area contributed by atoms with Crippen molar-refractivity contribution in [2.45, 2.75) is 26.7 Å². The van der Waals surface area contributed by atoms with Crippen LogP contribution < -0.4 is 15.4 Å². The molecule has 0 aliphatic heterocycles. The Morgan fingerprint density at radius 2 is 2.12 bits per heavy atom. The second kappa shape index (κ2) is 10.5. The summed E-state index contributed by atoms with van der Waals surface area (Å²) in [5.41, 5.74) is 3.26. The molecule has 2 aromatic rings. The van der Waals surface area contributed by atoms with Gasteiger partial charge in [0.1, 0.15) is 5.82 Å². The molecule has 0 radical (unpaired) electrons. The molecule has 0 aliphatic carbocycles. The van der Waals surface area contributed by atoms with Gasteiger partial charge in [-0.3, -0.25) is 4.72 Å². The fraction of sp³-hybridized carbons (Fsp3) is 0.412. The molecule has 6 nitrogen and oxygen atoms in total. The standard InChI is InChI=1S/C17H23BrFN5OS/c1-4-11(2)15(22-12-6-7-14(19)13(18)10-12)16-17(24-25-23-16)20-8-5-9-21-26-3/h6-7,10,21-22H,4-5,8-9H2,1-3H3,(H,20,24)/b15-11+. The highest BCUT2D eigenvalue weighted by Crippen LogP contribution is 2.28. The monoisotopic (exact) mass is 443 g/mol. The molecule has 0 aliphatic rings. The SMILES string of the molecule is CC/C(C)=C(/Nc1ccc(F)c(Br)c1)c1nonc1NCCCNSC. The highest BCUT2D eigenvalue weighted by molar-refractivity contribution is 9.10. The van der Waals surface area contributed by atoms with Crippen molar-refractivity contribution in [3.63, 3.8) is 0 Å². The zero-order chi connectivity index (χ0) is 18.9. The van der Waals surface area contributed by atoms with E-state index in [1.165, 1.54) is 6.07 Å². The number of aromatic nitrogens is 2. The summed E-state index contributed by atoms with van der Waals surface area (Å²) in [5, 5.41) is 14.6. The minimum absolute atomic E-state index is 0.308. The van der Waals surface area contributed by atoms with Crippen molar-refractivity contribution >= 4 is 45.1 Å². The van der Waals surface area contributed by atoms with Gasteiger partial charge in [-0.05, 0) is 76.0 Å². The number of allylic oxidation sites excluding steroid dienone is 1. The smallest absolute Gasteiger partial charge is 0.200 e. The van der Waals surface area contributed by atoms with E-state index in [9.17, 15) is 4.39 Å². The molecule has 142 valence electrons. The van der Waals surface area contributed by atoms with Crippen molar-refractivity contribution in [1.29, 1.82) is 0 Å². The van der Waals surface area contributed by atoms with Crippen LogP contribution in [0.4, 0.5) is 15.9 Å². The Bertz CT molecular complexity index is 753. The molecular weight excluding hydrogens is 421 g/mol. The predicted octanol–water partition coefficient (Wildman–Crippen LogP) is 4.89. The van der Waals surface area contributed by atoms with Gasteiger partial charge < -0.3 is 10.6 Å². The van der Waals surface area contributed by atoms with Gasteiger partial charge in [0.15, 0.2) is 5.69 Å². The first-order valence-electron chi connectivity index (χ1n) is 8.31. The Labute approximate surface area is 165 Å². The highest BCUT2D eigenvalue weighted by atomic mass is 79.9. The van der Waals surface area contributed by atoms with Gasteiger partial charge in [0.2, 0.25) is 5.82 Å². The molecule has 0 fully saturated rings. The van der Waals surface area contributed by atoms with Gasteiger partial charge in [-0.25, -0.2) is 9.02 Å². The molecule has 0 bridgehead atoms. The summed E-state index contributed by atoms with van der Waals surface area (Å²) in [6.07, 6.45) is 3.77. The van der Waals surface area contributed by atoms with Crippen molar-refractivity contribution in [3.05, 3.63) is 39.8 Å². The van der Waals surface area contributed by atoms with Crippen molar-refractivity contribution < 1.29 is 9.02 Å². The van der Waals surface area contributed by atoms with E-state index in [1.807, 2.05) is 13.2 Å². The fourth-order valence-electron chi connectivity index (χ4n) is 2.20. The number of hydrogen-bond acceptors (Lipinski definition) is 7. The first-order valence-corrected chi connectivity index (χ1v) is 10.3. The summed E-state index contributed by atoms with van der Waals surface area (Å²) in [4.78, 5) is 0. The summed E-state index contributed by atoms with van der Waals surface area (Å²) in [6.45, 7) is 5.72. The van der Waals surface area contributed by atoms with E-state index >= 15 is 0 Å². The molecule has 1 aromatic heterocycles. The maximum Gasteiger partial charge on any atom is 0.200 e. The van der Waals surface area contributed by atoms with Crippen LogP contribution in [0.2, 0.25) is 0 Å². The fourth-order valence-corrected chi connectivity index (χ4v) is 2.93. The summed E-state index contributed by atoms with van der Waals surface area (Å²) >= 11 is 4.81. The van der Waals surface area contributed by atoms with Crippen molar-refractivity contribution in [1.82, 2.24) is 15.0 Å². The van der Waals surface area contributed by atoms with E-state index in [4.69, 9.17) is 4.63 Å². The topological polar surface area (TPSA) is 75.0 Å². The molecule has 0 saturated heterocycles. The second-order valence-corrected chi connectivity index (χ2v) is 7.15. The van der Waals surface area contributed by atoms with Crippen LogP contribution in [0.15, 0.2) is 32.9 Å². The number of anilines is 2. The maximum absolute atomic E-state index is 13.5. The molecule has 2 rings (SSSR count). The molecule has 0 spiro atoms. The third-order valence-corrected chi connectivity index (χ3v) is 4.86. The Kier molecular flexibility index (Phi) is 8.40. The number of nitrogens with one attached hydrogen (secondary N) is 3. The molecule has 1 heterocycles. The summed E-state index contributed by atoms with van der Waals surface area (Å²) in [7, 11) is 0. The number of benzene rings is 1. The van der Waals surface area contributed by atoms with Crippen LogP contribution in [0.25, 0.3) is 5.70 Å². The highest BCUT2D eigenvalue weighted by Gasteiger charge is 2.17. The lowest BCUT2D eigenvalue weighted by Gasteiger charge is -2.14. The Balaban J connectivity index is 2.18. The largest absolute Gasteiger partial charge is 0.365 e. The molecule has 0 amide bonds. The van der Waals surface area contributed by atoms with Crippen molar-refractivity contribution in [3.8, 4) is 0 Å². The lowest BCUT2D eigenvalue weighted by Crippen LogP contribution is -2.13. The van der Waals surface area contributed by atoms with Crippen LogP contribution in [0.5, 0.6) is 0 Å². The Morgan fingerprint density at radius 1 is 1.31 bits per heavy atom. The average molecular weight is 444 g/mol. The number of hydrogen-bond donors (Lipinski definition) is 3. The second-order valence-electron chi connectivity index (χ2n) is 5.60. The third kappa shape index (κ3) is 5.72. The normalized spacial score (nSPS) is 12.0. The average Bonchev–Trinajstić information content (AvgIpc) is 3.10. The molecule has 0 unspecified atom stereocenters. The molecular formula is C17H23BrFN5OS. The summed E-state index contributed by atoms with van der Waals surface area (Å²) < 4.78 is 22.0. The van der Waals surface area contributed by atoms with E-state index < -0.39 is 0 Å². The van der Waals surface area contributed by atoms with E-state index in [-0.39, 0.29) is 5.82 Å². The van der Waals surface area contributed by atoms with E-state index in [1.54, 1.807) is 24.1 Å². The maximum atomic E-state index is 13.5. The number of nitrogens with zero attached hydrogens (tertiary/aromatic N) is 2. The van der Waals surface area contributed by atoms with Gasteiger partial charge >= 0.3 is 0 Å². The quantitative estimate of drug-likeness (QED) is 0.356. The minimum atomic E-state index is -0.308. The molecule has 9 heteroatoms. The zero-order valence-corrected chi connectivity index (χ0v) is 17.4. The Hall–Kier alpha value is -1.58. The van der Waals surface area contributed by atoms with E-state index in [2.05, 4.69) is 48.5 Å². The van der Waals surface area contributed by atoms with Crippen LogP contribution >= 0.6 is 27.9 Å². The minimum Gasteiger partial charge on any atom is -0.365 e. The predicted molar refractivity (Wildman–Crippen MR) is 110 cm³/mol. The molecule has 1 aromatic carbocycles. The summed E-state index contributed by atoms with van der Waals surface area (Å²) in [5.74, 6) is 0.281. The zero-order valence-electron chi connectivity index (χ0n) is 15.0. The number of rotatable bonds is 10. The first-order chi connectivity index (χ1) is 12.6. The van der Waals surface area contributed by atoms with Crippen LogP contribution in [-0.4, -0.2) is 29.7 Å². The molecule has 0 saturated carbocycles. The van der Waals surface area contributed by atoms with Crippen LogP contribution in [0.1, 0.15) is 32.4 Å².